The molecule has 7 heteroatoms. The Hall–Kier alpha value is -2.57. The number of nitrogens with one attached hydrogen (secondary N) is 1. The summed E-state index contributed by atoms with van der Waals surface area (Å²) >= 11 is 6.07. The highest BCUT2D eigenvalue weighted by molar-refractivity contribution is 6.31. The molecule has 2 amide bonds. The third kappa shape index (κ3) is 4.54. The summed E-state index contributed by atoms with van der Waals surface area (Å²) in [5.41, 5.74) is 1.72. The standard InChI is InChI=1S/C22H24ClN3O3/c23-17-8-9-20-18(12-17)26(22(28)15-29-20)14-21(27)24-13-19(25-10-4-5-11-25)16-6-2-1-3-7-16/h1-3,6-9,12,19H,4-5,10-11,13-15H2,(H,24,27). The van der Waals surface area contributed by atoms with Crippen molar-refractivity contribution in [1.29, 1.82) is 0 Å². The van der Waals surface area contributed by atoms with Gasteiger partial charge in [-0.25, -0.2) is 0 Å². The van der Waals surface area contributed by atoms with Gasteiger partial charge in [-0.1, -0.05) is 41.9 Å². The highest BCUT2D eigenvalue weighted by Gasteiger charge is 2.29. The summed E-state index contributed by atoms with van der Waals surface area (Å²) in [7, 11) is 0. The van der Waals surface area contributed by atoms with Gasteiger partial charge in [0.05, 0.1) is 11.7 Å². The summed E-state index contributed by atoms with van der Waals surface area (Å²) in [5.74, 6) is 0.0985. The summed E-state index contributed by atoms with van der Waals surface area (Å²) < 4.78 is 5.44. The van der Waals surface area contributed by atoms with Crippen LogP contribution >= 0.6 is 11.6 Å². The number of hydrogen-bond donors (Lipinski definition) is 1. The van der Waals surface area contributed by atoms with Gasteiger partial charge in [-0.2, -0.15) is 0 Å². The molecule has 1 atom stereocenters. The van der Waals surface area contributed by atoms with Crippen molar-refractivity contribution in [3.05, 3.63) is 59.1 Å². The maximum Gasteiger partial charge on any atom is 0.265 e. The average Bonchev–Trinajstić information content (AvgIpc) is 3.26. The summed E-state index contributed by atoms with van der Waals surface area (Å²) in [6.07, 6.45) is 2.36. The molecule has 2 aromatic rings. The fourth-order valence-electron chi connectivity index (χ4n) is 3.94. The van der Waals surface area contributed by atoms with Crippen LogP contribution < -0.4 is 15.0 Å². The van der Waals surface area contributed by atoms with E-state index < -0.39 is 0 Å². The molecule has 4 rings (SSSR count). The molecule has 0 bridgehead atoms. The van der Waals surface area contributed by atoms with Crippen LogP contribution in [0.5, 0.6) is 5.75 Å². The van der Waals surface area contributed by atoms with E-state index in [0.717, 1.165) is 13.1 Å². The predicted molar refractivity (Wildman–Crippen MR) is 112 cm³/mol. The summed E-state index contributed by atoms with van der Waals surface area (Å²) in [6.45, 7) is 2.43. The van der Waals surface area contributed by atoms with Gasteiger partial charge in [-0.3, -0.25) is 19.4 Å². The zero-order chi connectivity index (χ0) is 20.2. The molecule has 2 aliphatic heterocycles. The van der Waals surface area contributed by atoms with Crippen molar-refractivity contribution in [3.63, 3.8) is 0 Å². The molecule has 1 fully saturated rings. The van der Waals surface area contributed by atoms with Crippen LogP contribution in [0.25, 0.3) is 0 Å². The smallest absolute Gasteiger partial charge is 0.265 e. The molecule has 0 spiro atoms. The number of amides is 2. The van der Waals surface area contributed by atoms with E-state index in [1.54, 1.807) is 18.2 Å². The number of ether oxygens (including phenoxy) is 1. The fourth-order valence-corrected chi connectivity index (χ4v) is 4.11. The number of benzene rings is 2. The van der Waals surface area contributed by atoms with Crippen LogP contribution in [-0.2, 0) is 9.59 Å². The number of fused-ring (bicyclic) bond motifs is 1. The Labute approximate surface area is 175 Å². The molecule has 1 N–H and O–H groups in total. The van der Waals surface area contributed by atoms with Crippen LogP contribution in [-0.4, -0.2) is 49.5 Å². The molecule has 0 radical (unpaired) electrons. The van der Waals surface area contributed by atoms with Crippen molar-refractivity contribution in [2.45, 2.75) is 18.9 Å². The molecule has 0 saturated carbocycles. The number of likely N-dealkylation sites (tertiary alicyclic amines) is 1. The Morgan fingerprint density at radius 1 is 1.14 bits per heavy atom. The van der Waals surface area contributed by atoms with E-state index >= 15 is 0 Å². The van der Waals surface area contributed by atoms with Crippen LogP contribution in [0.2, 0.25) is 5.02 Å². The summed E-state index contributed by atoms with van der Waals surface area (Å²) in [5, 5.41) is 3.51. The van der Waals surface area contributed by atoms with Gasteiger partial charge >= 0.3 is 0 Å². The van der Waals surface area contributed by atoms with E-state index in [1.165, 1.54) is 23.3 Å². The van der Waals surface area contributed by atoms with Crippen LogP contribution in [0.4, 0.5) is 5.69 Å². The second kappa shape index (κ2) is 8.84. The van der Waals surface area contributed by atoms with Gasteiger partial charge in [0.2, 0.25) is 5.91 Å². The Balaban J connectivity index is 1.44. The lowest BCUT2D eigenvalue weighted by Gasteiger charge is -2.30. The first-order valence-electron chi connectivity index (χ1n) is 9.90. The number of anilines is 1. The SMILES string of the molecule is O=C(CN1C(=O)COc2ccc(Cl)cc21)NCC(c1ccccc1)N1CCCC1. The first kappa shape index (κ1) is 19.7. The molecular formula is C22H24ClN3O3. The number of nitrogens with zero attached hydrogens (tertiary/aromatic N) is 2. The number of rotatable bonds is 6. The Morgan fingerprint density at radius 3 is 2.66 bits per heavy atom. The molecule has 2 heterocycles. The normalized spacial score (nSPS) is 17.6. The van der Waals surface area contributed by atoms with Crippen molar-refractivity contribution in [3.8, 4) is 5.75 Å². The second-order valence-electron chi connectivity index (χ2n) is 7.35. The topological polar surface area (TPSA) is 61.9 Å². The van der Waals surface area contributed by atoms with Gasteiger partial charge in [-0.05, 0) is 49.7 Å². The third-order valence-electron chi connectivity index (χ3n) is 5.42. The molecule has 1 unspecified atom stereocenters. The lowest BCUT2D eigenvalue weighted by molar-refractivity contribution is -0.125. The summed E-state index contributed by atoms with van der Waals surface area (Å²) in [6, 6.07) is 15.4. The highest BCUT2D eigenvalue weighted by atomic mass is 35.5. The largest absolute Gasteiger partial charge is 0.482 e. The van der Waals surface area contributed by atoms with Crippen LogP contribution in [0, 0.1) is 0 Å². The second-order valence-corrected chi connectivity index (χ2v) is 7.79. The molecular weight excluding hydrogens is 390 g/mol. The van der Waals surface area contributed by atoms with Crippen LogP contribution in [0.3, 0.4) is 0 Å². The van der Waals surface area contributed by atoms with Gasteiger partial charge in [0.25, 0.3) is 5.91 Å². The average molecular weight is 414 g/mol. The molecule has 29 heavy (non-hydrogen) atoms. The minimum atomic E-state index is -0.255. The van der Waals surface area contributed by atoms with E-state index in [0.29, 0.717) is 23.0 Å². The van der Waals surface area contributed by atoms with Crippen molar-refractivity contribution in [2.75, 3.05) is 37.7 Å². The number of carbonyl (C=O) groups is 2. The zero-order valence-corrected chi connectivity index (χ0v) is 16.9. The highest BCUT2D eigenvalue weighted by Crippen LogP contribution is 2.34. The van der Waals surface area contributed by atoms with Gasteiger partial charge in [0.15, 0.2) is 6.61 Å². The van der Waals surface area contributed by atoms with Crippen molar-refractivity contribution >= 4 is 29.1 Å². The monoisotopic (exact) mass is 413 g/mol. The number of hydrogen-bond acceptors (Lipinski definition) is 4. The first-order valence-corrected chi connectivity index (χ1v) is 10.3. The Morgan fingerprint density at radius 2 is 1.90 bits per heavy atom. The molecule has 1 saturated heterocycles. The van der Waals surface area contributed by atoms with E-state index in [4.69, 9.17) is 16.3 Å². The molecule has 0 aliphatic carbocycles. The van der Waals surface area contributed by atoms with Crippen LogP contribution in [0.15, 0.2) is 48.5 Å². The maximum atomic E-state index is 12.7. The minimum absolute atomic E-state index is 0.0585. The van der Waals surface area contributed by atoms with Gasteiger partial charge in [-0.15, -0.1) is 0 Å². The van der Waals surface area contributed by atoms with E-state index in [2.05, 4.69) is 22.3 Å². The van der Waals surface area contributed by atoms with E-state index in [-0.39, 0.29) is 31.0 Å². The van der Waals surface area contributed by atoms with Gasteiger partial charge < -0.3 is 10.1 Å². The van der Waals surface area contributed by atoms with Crippen molar-refractivity contribution in [2.24, 2.45) is 0 Å². The van der Waals surface area contributed by atoms with E-state index in [9.17, 15) is 9.59 Å². The van der Waals surface area contributed by atoms with E-state index in [1.807, 2.05) is 18.2 Å². The minimum Gasteiger partial charge on any atom is -0.482 e. The first-order chi connectivity index (χ1) is 14.1. The van der Waals surface area contributed by atoms with Crippen LogP contribution in [0.1, 0.15) is 24.4 Å². The number of halogens is 1. The Bertz CT molecular complexity index is 884. The zero-order valence-electron chi connectivity index (χ0n) is 16.1. The molecule has 2 aromatic carbocycles. The lowest BCUT2D eigenvalue weighted by atomic mass is 10.1. The lowest BCUT2D eigenvalue weighted by Crippen LogP contribution is -2.46. The van der Waals surface area contributed by atoms with Gasteiger partial charge in [0, 0.05) is 11.6 Å². The predicted octanol–water partition coefficient (Wildman–Crippen LogP) is 3.02. The van der Waals surface area contributed by atoms with Gasteiger partial charge in [0.1, 0.15) is 12.3 Å². The number of carbonyl (C=O) groups excluding carboxylic acids is 2. The fraction of sp³-hybridized carbons (Fsp3) is 0.364. The molecule has 2 aliphatic rings. The quantitative estimate of drug-likeness (QED) is 0.790. The molecule has 6 nitrogen and oxygen atoms in total. The third-order valence-corrected chi connectivity index (χ3v) is 5.66. The Kier molecular flexibility index (Phi) is 6.02. The molecule has 152 valence electrons. The van der Waals surface area contributed by atoms with Crippen molar-refractivity contribution in [1.82, 2.24) is 10.2 Å². The van der Waals surface area contributed by atoms with Crippen molar-refractivity contribution < 1.29 is 14.3 Å². The summed E-state index contributed by atoms with van der Waals surface area (Å²) in [4.78, 5) is 28.9. The maximum absolute atomic E-state index is 12.7. The molecule has 0 aromatic heterocycles.